The summed E-state index contributed by atoms with van der Waals surface area (Å²) in [5.74, 6) is 0. The Balaban J connectivity index is 1.79. The second kappa shape index (κ2) is 4.52. The van der Waals surface area contributed by atoms with E-state index in [1.165, 1.54) is 0 Å². The van der Waals surface area contributed by atoms with Gasteiger partial charge in [0.2, 0.25) is 0 Å². The van der Waals surface area contributed by atoms with Gasteiger partial charge in [-0.2, -0.15) is 0 Å². The van der Waals surface area contributed by atoms with Crippen molar-refractivity contribution in [2.75, 3.05) is 13.2 Å². The van der Waals surface area contributed by atoms with Gasteiger partial charge in [-0.15, -0.1) is 5.10 Å². The minimum atomic E-state index is 0.582. The van der Waals surface area contributed by atoms with Gasteiger partial charge in [-0.05, 0) is 12.8 Å². The second-order valence-electron chi connectivity index (χ2n) is 3.62. The Bertz CT molecular complexity index is 280. The molecule has 0 atom stereocenters. The largest absolute Gasteiger partial charge is 0.381 e. The van der Waals surface area contributed by atoms with Gasteiger partial charge in [-0.1, -0.05) is 5.21 Å². The molecule has 0 saturated carbocycles. The highest BCUT2D eigenvalue weighted by atomic mass is 16.5. The monoisotopic (exact) mass is 196 g/mol. The first-order chi connectivity index (χ1) is 6.86. The quantitative estimate of drug-likeness (QED) is 0.744. The van der Waals surface area contributed by atoms with Crippen molar-refractivity contribution >= 4 is 0 Å². The smallest absolute Gasteiger partial charge is 0.0738 e. The van der Waals surface area contributed by atoms with E-state index in [1.807, 2.05) is 7.05 Å². The van der Waals surface area contributed by atoms with Crippen LogP contribution in [-0.4, -0.2) is 34.2 Å². The molecule has 0 bridgehead atoms. The molecule has 0 amide bonds. The van der Waals surface area contributed by atoms with Crippen LogP contribution in [0.4, 0.5) is 0 Å². The SMILES string of the molecule is Cn1nncc1CNC1CCOCC1. The zero-order valence-electron chi connectivity index (χ0n) is 8.44. The molecule has 0 radical (unpaired) electrons. The summed E-state index contributed by atoms with van der Waals surface area (Å²) in [4.78, 5) is 0. The van der Waals surface area contributed by atoms with Crippen LogP contribution in [0.25, 0.3) is 0 Å². The van der Waals surface area contributed by atoms with E-state index in [4.69, 9.17) is 4.74 Å². The van der Waals surface area contributed by atoms with Crippen molar-refractivity contribution in [1.82, 2.24) is 20.3 Å². The lowest BCUT2D eigenvalue weighted by atomic mass is 10.1. The fourth-order valence-corrected chi connectivity index (χ4v) is 1.62. The first-order valence-electron chi connectivity index (χ1n) is 5.01. The summed E-state index contributed by atoms with van der Waals surface area (Å²) in [5, 5.41) is 11.2. The van der Waals surface area contributed by atoms with Crippen molar-refractivity contribution in [3.63, 3.8) is 0 Å². The molecular weight excluding hydrogens is 180 g/mol. The molecule has 0 aromatic carbocycles. The van der Waals surface area contributed by atoms with Crippen LogP contribution in [0.2, 0.25) is 0 Å². The molecule has 0 spiro atoms. The molecule has 1 aliphatic heterocycles. The van der Waals surface area contributed by atoms with Crippen molar-refractivity contribution in [3.05, 3.63) is 11.9 Å². The molecular formula is C9H16N4O. The van der Waals surface area contributed by atoms with Gasteiger partial charge in [0.25, 0.3) is 0 Å². The maximum Gasteiger partial charge on any atom is 0.0738 e. The summed E-state index contributed by atoms with van der Waals surface area (Å²) < 4.78 is 7.09. The second-order valence-corrected chi connectivity index (χ2v) is 3.62. The van der Waals surface area contributed by atoms with E-state index >= 15 is 0 Å². The Labute approximate surface area is 83.4 Å². The van der Waals surface area contributed by atoms with Gasteiger partial charge in [0.15, 0.2) is 0 Å². The molecule has 1 aromatic rings. The third-order valence-electron chi connectivity index (χ3n) is 2.60. The van der Waals surface area contributed by atoms with Crippen LogP contribution in [0.3, 0.4) is 0 Å². The average Bonchev–Trinajstić information content (AvgIpc) is 2.63. The summed E-state index contributed by atoms with van der Waals surface area (Å²) in [6.07, 6.45) is 4.00. The highest BCUT2D eigenvalue weighted by Crippen LogP contribution is 2.06. The third-order valence-corrected chi connectivity index (χ3v) is 2.60. The van der Waals surface area contributed by atoms with Gasteiger partial charge in [0.05, 0.1) is 11.9 Å². The van der Waals surface area contributed by atoms with Crippen molar-refractivity contribution in [3.8, 4) is 0 Å². The molecule has 0 unspecified atom stereocenters. The Morgan fingerprint density at radius 3 is 3.00 bits per heavy atom. The Morgan fingerprint density at radius 2 is 2.36 bits per heavy atom. The minimum Gasteiger partial charge on any atom is -0.381 e. The van der Waals surface area contributed by atoms with E-state index in [1.54, 1.807) is 10.9 Å². The Morgan fingerprint density at radius 1 is 1.57 bits per heavy atom. The van der Waals surface area contributed by atoms with E-state index < -0.39 is 0 Å². The topological polar surface area (TPSA) is 52.0 Å². The maximum atomic E-state index is 5.29. The molecule has 1 aromatic heterocycles. The van der Waals surface area contributed by atoms with Gasteiger partial charge in [-0.25, -0.2) is 0 Å². The summed E-state index contributed by atoms with van der Waals surface area (Å²) in [6, 6.07) is 0.582. The van der Waals surface area contributed by atoms with Crippen LogP contribution in [-0.2, 0) is 18.3 Å². The molecule has 2 rings (SSSR count). The Kier molecular flexibility index (Phi) is 3.10. The Hall–Kier alpha value is -0.940. The molecule has 1 saturated heterocycles. The lowest BCUT2D eigenvalue weighted by molar-refractivity contribution is 0.0774. The normalized spacial score (nSPS) is 18.6. The molecule has 5 nitrogen and oxygen atoms in total. The molecule has 1 fully saturated rings. The van der Waals surface area contributed by atoms with E-state index in [-0.39, 0.29) is 0 Å². The zero-order valence-corrected chi connectivity index (χ0v) is 8.44. The van der Waals surface area contributed by atoms with Crippen molar-refractivity contribution in [2.24, 2.45) is 7.05 Å². The van der Waals surface area contributed by atoms with Gasteiger partial charge in [0.1, 0.15) is 0 Å². The number of hydrogen-bond acceptors (Lipinski definition) is 4. The zero-order chi connectivity index (χ0) is 9.80. The number of ether oxygens (including phenoxy) is 1. The fourth-order valence-electron chi connectivity index (χ4n) is 1.62. The van der Waals surface area contributed by atoms with Crippen LogP contribution in [0.1, 0.15) is 18.5 Å². The van der Waals surface area contributed by atoms with Crippen LogP contribution < -0.4 is 5.32 Å². The van der Waals surface area contributed by atoms with Crippen LogP contribution in [0.5, 0.6) is 0 Å². The highest BCUT2D eigenvalue weighted by molar-refractivity contribution is 4.93. The summed E-state index contributed by atoms with van der Waals surface area (Å²) in [5.41, 5.74) is 1.12. The van der Waals surface area contributed by atoms with Crippen molar-refractivity contribution in [1.29, 1.82) is 0 Å². The number of nitrogens with one attached hydrogen (secondary N) is 1. The summed E-state index contributed by atoms with van der Waals surface area (Å²) in [6.45, 7) is 2.59. The third kappa shape index (κ3) is 2.30. The number of rotatable bonds is 3. The van der Waals surface area contributed by atoms with E-state index in [2.05, 4.69) is 15.6 Å². The lowest BCUT2D eigenvalue weighted by Crippen LogP contribution is -2.34. The van der Waals surface area contributed by atoms with Crippen LogP contribution >= 0.6 is 0 Å². The van der Waals surface area contributed by atoms with Gasteiger partial charge >= 0.3 is 0 Å². The van der Waals surface area contributed by atoms with Gasteiger partial charge in [-0.3, -0.25) is 4.68 Å². The average molecular weight is 196 g/mol. The maximum absolute atomic E-state index is 5.29. The molecule has 0 aliphatic carbocycles. The minimum absolute atomic E-state index is 0.582. The molecule has 5 heteroatoms. The predicted molar refractivity (Wildman–Crippen MR) is 51.7 cm³/mol. The molecule has 1 N–H and O–H groups in total. The van der Waals surface area contributed by atoms with Gasteiger partial charge in [0, 0.05) is 32.8 Å². The lowest BCUT2D eigenvalue weighted by Gasteiger charge is -2.22. The van der Waals surface area contributed by atoms with E-state index in [9.17, 15) is 0 Å². The fraction of sp³-hybridized carbons (Fsp3) is 0.778. The number of hydrogen-bond donors (Lipinski definition) is 1. The standard InChI is InChI=1S/C9H16N4O/c1-13-9(7-11-12-13)6-10-8-2-4-14-5-3-8/h7-8,10H,2-6H2,1H3. The summed E-state index contributed by atoms with van der Waals surface area (Å²) in [7, 11) is 1.91. The first-order valence-corrected chi connectivity index (χ1v) is 5.01. The number of nitrogens with zero attached hydrogens (tertiary/aromatic N) is 3. The summed E-state index contributed by atoms with van der Waals surface area (Å²) >= 11 is 0. The van der Waals surface area contributed by atoms with Crippen LogP contribution in [0.15, 0.2) is 6.20 Å². The molecule has 78 valence electrons. The van der Waals surface area contributed by atoms with E-state index in [0.29, 0.717) is 6.04 Å². The number of aryl methyl sites for hydroxylation is 1. The molecule has 1 aliphatic rings. The molecule has 2 heterocycles. The van der Waals surface area contributed by atoms with Crippen LogP contribution in [0, 0.1) is 0 Å². The predicted octanol–water partition coefficient (Wildman–Crippen LogP) is 0.0837. The van der Waals surface area contributed by atoms with Crippen molar-refractivity contribution in [2.45, 2.75) is 25.4 Å². The van der Waals surface area contributed by atoms with E-state index in [0.717, 1.165) is 38.3 Å². The first kappa shape index (κ1) is 9.61. The van der Waals surface area contributed by atoms with Gasteiger partial charge < -0.3 is 10.1 Å². The highest BCUT2D eigenvalue weighted by Gasteiger charge is 2.13. The number of aromatic nitrogens is 3. The molecule has 14 heavy (non-hydrogen) atoms. The van der Waals surface area contributed by atoms with Crippen molar-refractivity contribution < 1.29 is 4.74 Å².